The van der Waals surface area contributed by atoms with E-state index in [1.54, 1.807) is 24.3 Å². The Labute approximate surface area is 176 Å². The Morgan fingerprint density at radius 2 is 1.87 bits per heavy atom. The van der Waals surface area contributed by atoms with Crippen LogP contribution < -0.4 is 10.6 Å². The smallest absolute Gasteiger partial charge is 0.319 e. The second-order valence-electron chi connectivity index (χ2n) is 7.93. The van der Waals surface area contributed by atoms with Gasteiger partial charge in [0.1, 0.15) is 18.3 Å². The lowest BCUT2D eigenvalue weighted by molar-refractivity contribution is -0.232. The molecule has 0 unspecified atom stereocenters. The number of urea groups is 1. The van der Waals surface area contributed by atoms with Gasteiger partial charge < -0.3 is 34.7 Å². The lowest BCUT2D eigenvalue weighted by Crippen LogP contribution is -2.41. The van der Waals surface area contributed by atoms with Crippen molar-refractivity contribution in [3.8, 4) is 0 Å². The maximum atomic E-state index is 12.3. The number of carbonyl (C=O) groups is 2. The molecule has 9 heteroatoms. The molecule has 2 aliphatic heterocycles. The topological polar surface area (TPSA) is 115 Å². The molecule has 1 aromatic rings. The highest BCUT2D eigenvalue weighted by molar-refractivity contribution is 5.89. The Bertz CT molecular complexity index is 737. The molecule has 0 aromatic heterocycles. The third kappa shape index (κ3) is 5.91. The van der Waals surface area contributed by atoms with E-state index in [9.17, 15) is 9.59 Å². The first kappa shape index (κ1) is 22.5. The van der Waals surface area contributed by atoms with Crippen molar-refractivity contribution in [3.05, 3.63) is 29.8 Å². The van der Waals surface area contributed by atoms with Crippen LogP contribution in [0.25, 0.3) is 0 Å². The molecule has 4 atom stereocenters. The fraction of sp³-hybridized carbons (Fsp3) is 0.619. The number of carboxylic acids is 1. The average Bonchev–Trinajstić information content (AvgIpc) is 3.15. The zero-order valence-corrected chi connectivity index (χ0v) is 17.6. The molecule has 0 aliphatic carbocycles. The van der Waals surface area contributed by atoms with Crippen LogP contribution in [0.1, 0.15) is 39.2 Å². The number of benzene rings is 1. The molecule has 9 nitrogen and oxygen atoms in total. The first-order valence-electron chi connectivity index (χ1n) is 10.3. The van der Waals surface area contributed by atoms with Crippen LogP contribution in [0.4, 0.5) is 10.5 Å². The third-order valence-corrected chi connectivity index (χ3v) is 4.92. The summed E-state index contributed by atoms with van der Waals surface area (Å²) in [6, 6.07) is 6.26. The molecule has 2 saturated heterocycles. The van der Waals surface area contributed by atoms with E-state index < -0.39 is 30.2 Å². The molecule has 1 aromatic carbocycles. The Hall–Kier alpha value is -2.20. The van der Waals surface area contributed by atoms with Crippen LogP contribution in [-0.4, -0.2) is 60.6 Å². The highest BCUT2D eigenvalue weighted by atomic mass is 16.8. The summed E-state index contributed by atoms with van der Waals surface area (Å²) in [4.78, 5) is 23.0. The second-order valence-corrected chi connectivity index (χ2v) is 7.93. The van der Waals surface area contributed by atoms with E-state index in [4.69, 9.17) is 24.1 Å². The fourth-order valence-electron chi connectivity index (χ4n) is 3.53. The van der Waals surface area contributed by atoms with Gasteiger partial charge >= 0.3 is 12.0 Å². The Balaban J connectivity index is 1.51. The van der Waals surface area contributed by atoms with Crippen molar-refractivity contribution >= 4 is 17.7 Å². The Kier molecular flexibility index (Phi) is 7.30. The number of carbonyl (C=O) groups excluding carboxylic acids is 1. The number of nitrogens with one attached hydrogen (secondary N) is 2. The highest BCUT2D eigenvalue weighted by Gasteiger charge is 2.55. The minimum absolute atomic E-state index is 0.0615. The summed E-state index contributed by atoms with van der Waals surface area (Å²) < 4.78 is 23.7. The van der Waals surface area contributed by atoms with E-state index in [0.717, 1.165) is 12.8 Å². The van der Waals surface area contributed by atoms with Gasteiger partial charge in [-0.1, -0.05) is 25.5 Å². The van der Waals surface area contributed by atoms with Gasteiger partial charge in [-0.3, -0.25) is 4.79 Å². The van der Waals surface area contributed by atoms with E-state index >= 15 is 0 Å². The monoisotopic (exact) mass is 422 g/mol. The fourth-order valence-corrected chi connectivity index (χ4v) is 3.53. The predicted molar refractivity (Wildman–Crippen MR) is 108 cm³/mol. The predicted octanol–water partition coefficient (Wildman–Crippen LogP) is 2.50. The van der Waals surface area contributed by atoms with Gasteiger partial charge in [-0.15, -0.1) is 0 Å². The molecule has 30 heavy (non-hydrogen) atoms. The van der Waals surface area contributed by atoms with Crippen molar-refractivity contribution in [1.29, 1.82) is 0 Å². The molecular formula is C21H30N2O7. The molecule has 3 rings (SSSR count). The van der Waals surface area contributed by atoms with E-state index in [2.05, 4.69) is 17.6 Å². The van der Waals surface area contributed by atoms with Crippen LogP contribution in [0.15, 0.2) is 24.3 Å². The summed E-state index contributed by atoms with van der Waals surface area (Å²) in [6.45, 7) is 6.59. The van der Waals surface area contributed by atoms with Crippen molar-refractivity contribution in [3.63, 3.8) is 0 Å². The number of unbranched alkanes of at least 4 members (excludes halogenated alkanes) is 1. The van der Waals surface area contributed by atoms with Crippen LogP contribution >= 0.6 is 0 Å². The number of rotatable bonds is 9. The number of hydrogen-bond acceptors (Lipinski definition) is 6. The van der Waals surface area contributed by atoms with Crippen molar-refractivity contribution in [2.24, 2.45) is 0 Å². The largest absolute Gasteiger partial charge is 0.481 e. The number of amides is 2. The van der Waals surface area contributed by atoms with Crippen LogP contribution in [0.5, 0.6) is 0 Å². The van der Waals surface area contributed by atoms with E-state index in [0.29, 0.717) is 17.9 Å². The van der Waals surface area contributed by atoms with E-state index in [1.807, 2.05) is 13.8 Å². The van der Waals surface area contributed by atoms with Gasteiger partial charge in [-0.2, -0.15) is 0 Å². The van der Waals surface area contributed by atoms with Crippen molar-refractivity contribution in [2.45, 2.75) is 70.4 Å². The molecule has 0 radical (unpaired) electrons. The van der Waals surface area contributed by atoms with Crippen molar-refractivity contribution in [2.75, 3.05) is 18.5 Å². The van der Waals surface area contributed by atoms with Gasteiger partial charge in [0.2, 0.25) is 0 Å². The van der Waals surface area contributed by atoms with Crippen LogP contribution in [0, 0.1) is 0 Å². The summed E-state index contributed by atoms with van der Waals surface area (Å²) in [5, 5.41) is 14.3. The van der Waals surface area contributed by atoms with Crippen LogP contribution in [-0.2, 0) is 30.2 Å². The molecule has 2 aliphatic rings. The number of fused-ring (bicyclic) bond motifs is 1. The maximum Gasteiger partial charge on any atom is 0.319 e. The highest BCUT2D eigenvalue weighted by Crippen LogP contribution is 2.39. The Morgan fingerprint density at radius 3 is 2.53 bits per heavy atom. The van der Waals surface area contributed by atoms with Crippen LogP contribution in [0.2, 0.25) is 0 Å². The van der Waals surface area contributed by atoms with Crippen molar-refractivity contribution < 1.29 is 33.6 Å². The van der Waals surface area contributed by atoms with Gasteiger partial charge in [-0.25, -0.2) is 4.79 Å². The number of hydrogen-bond donors (Lipinski definition) is 3. The third-order valence-electron chi connectivity index (χ3n) is 4.92. The summed E-state index contributed by atoms with van der Waals surface area (Å²) >= 11 is 0. The number of carboxylic acid groups (broad SMARTS) is 1. The zero-order valence-electron chi connectivity index (χ0n) is 17.6. The summed E-state index contributed by atoms with van der Waals surface area (Å²) in [5.74, 6) is -1.63. The van der Waals surface area contributed by atoms with Gasteiger partial charge in [0.15, 0.2) is 12.1 Å². The minimum atomic E-state index is -0.901. The van der Waals surface area contributed by atoms with Crippen LogP contribution in [0.3, 0.4) is 0 Å². The second kappa shape index (κ2) is 9.74. The number of ether oxygens (including phenoxy) is 4. The summed E-state index contributed by atoms with van der Waals surface area (Å²) in [7, 11) is 0. The van der Waals surface area contributed by atoms with E-state index in [1.165, 1.54) is 0 Å². The molecule has 2 heterocycles. The first-order chi connectivity index (χ1) is 14.3. The SMILES string of the molecule is CCCCO[C@H]1O[C@@H](CNC(=O)Nc2ccc(CC(=O)O)cc2)[C@@H]2OC(C)(C)O[C@H]12. The molecule has 0 spiro atoms. The standard InChI is InChI=1S/C21H30N2O7/c1-4-5-10-27-19-18-17(29-21(2,3)30-18)15(28-19)12-22-20(26)23-14-8-6-13(7-9-14)11-16(24)25/h6-9,15,17-19H,4-5,10-12H2,1-3H3,(H,24,25)(H2,22,23,26)/t15-,17-,18-,19-/m0/s1. The Morgan fingerprint density at radius 1 is 1.17 bits per heavy atom. The summed E-state index contributed by atoms with van der Waals surface area (Å²) in [6.07, 6.45) is 0.292. The molecule has 0 bridgehead atoms. The van der Waals surface area contributed by atoms with Gasteiger partial charge in [0.05, 0.1) is 6.42 Å². The summed E-state index contributed by atoms with van der Waals surface area (Å²) in [5.41, 5.74) is 1.23. The zero-order chi connectivity index (χ0) is 21.7. The lowest BCUT2D eigenvalue weighted by Gasteiger charge is -2.24. The van der Waals surface area contributed by atoms with Crippen molar-refractivity contribution in [1.82, 2.24) is 5.32 Å². The molecule has 166 valence electrons. The molecule has 3 N–H and O–H groups in total. The molecular weight excluding hydrogens is 392 g/mol. The number of anilines is 1. The van der Waals surface area contributed by atoms with Gasteiger partial charge in [-0.05, 0) is 38.0 Å². The lowest BCUT2D eigenvalue weighted by atomic mass is 10.1. The molecule has 2 fully saturated rings. The minimum Gasteiger partial charge on any atom is -0.481 e. The van der Waals surface area contributed by atoms with Gasteiger partial charge in [0, 0.05) is 18.8 Å². The van der Waals surface area contributed by atoms with E-state index in [-0.39, 0.29) is 25.2 Å². The normalized spacial score (nSPS) is 26.9. The quantitative estimate of drug-likeness (QED) is 0.524. The average molecular weight is 422 g/mol. The molecule has 0 saturated carbocycles. The van der Waals surface area contributed by atoms with Gasteiger partial charge in [0.25, 0.3) is 0 Å². The maximum absolute atomic E-state index is 12.3. The number of aliphatic carboxylic acids is 1. The molecule has 2 amide bonds. The first-order valence-corrected chi connectivity index (χ1v) is 10.3.